The number of β-amino-alcohol motifs (C(OH)–C–C–N with tert-alkyl or cyclic N) is 1. The van der Waals surface area contributed by atoms with Gasteiger partial charge in [0.2, 0.25) is 82.5 Å². The van der Waals surface area contributed by atoms with Crippen LogP contribution in [0.1, 0.15) is 160 Å². The highest BCUT2D eigenvalue weighted by molar-refractivity contribution is 6.30. The number of carboxylic acids is 1. The Bertz CT molecular complexity index is 4470. The molecule has 0 saturated carbocycles. The van der Waals surface area contributed by atoms with Gasteiger partial charge in [0, 0.05) is 74.0 Å². The number of aryl methyl sites for hydroxylation is 1. The lowest BCUT2D eigenvalue weighted by molar-refractivity contribution is -0.144. The van der Waals surface area contributed by atoms with Crippen LogP contribution < -0.4 is 89.5 Å². The molecule has 3 saturated heterocycles. The molecule has 0 aliphatic carbocycles. The summed E-state index contributed by atoms with van der Waals surface area (Å²) in [5, 5.41) is 62.0. The number of aliphatic hydroxyl groups is 1. The molecule has 0 spiro atoms. The van der Waals surface area contributed by atoms with Crippen molar-refractivity contribution in [3.05, 3.63) is 88.1 Å². The number of likely N-dealkylation sites (tertiary alicyclic amines) is 3. The number of rotatable bonds is 46. The molecule has 7 rings (SSSR count). The third-order valence-corrected chi connectivity index (χ3v) is 21.9. The Morgan fingerprint density at radius 1 is 0.565 bits per heavy atom. The number of nitrogens with two attached hydrogens (primary N) is 2. The maximum absolute atomic E-state index is 15.0. The zero-order valence-electron chi connectivity index (χ0n) is 72.2. The van der Waals surface area contributed by atoms with Crippen molar-refractivity contribution in [1.29, 1.82) is 5.41 Å². The maximum atomic E-state index is 15.0. The van der Waals surface area contributed by atoms with Crippen LogP contribution in [0.15, 0.2) is 65.1 Å². The summed E-state index contributed by atoms with van der Waals surface area (Å²) < 4.78 is 22.3. The van der Waals surface area contributed by atoms with Crippen LogP contribution in [-0.2, 0) is 80.0 Å². The summed E-state index contributed by atoms with van der Waals surface area (Å²) in [6, 6.07) is 0.0810. The number of nitrogens with zero attached hydrogens (tertiary/aromatic N) is 3. The minimum Gasteiger partial charge on any atom is -0.497 e. The van der Waals surface area contributed by atoms with Gasteiger partial charge in [-0.3, -0.25) is 77.3 Å². The summed E-state index contributed by atoms with van der Waals surface area (Å²) >= 11 is 6.25. The highest BCUT2D eigenvalue weighted by atomic mass is 35.5. The lowest BCUT2D eigenvalue weighted by atomic mass is 10.0. The number of amides is 14. The molecule has 3 fully saturated rings. The fourth-order valence-corrected chi connectivity index (χ4v) is 15.2. The van der Waals surface area contributed by atoms with E-state index in [1.165, 1.54) is 45.0 Å². The number of aliphatic carboxylic acids is 1. The van der Waals surface area contributed by atoms with Crippen LogP contribution in [0.4, 0.5) is 0 Å². The number of ether oxygens (including phenoxy) is 3. The van der Waals surface area contributed by atoms with Crippen molar-refractivity contribution in [2.24, 2.45) is 23.3 Å². The molecule has 4 heterocycles. The fourth-order valence-electron chi connectivity index (χ4n) is 15.1. The van der Waals surface area contributed by atoms with Crippen LogP contribution in [0.25, 0.3) is 11.0 Å². The molecule has 19 N–H and O–H groups in total. The third-order valence-electron chi connectivity index (χ3n) is 21.6. The number of carbonyl (C=O) groups is 15. The lowest BCUT2D eigenvalue weighted by Gasteiger charge is -2.32. The number of carboxylic acid groups (broad SMARTS) is 1. The Morgan fingerprint density at radius 3 is 1.69 bits per heavy atom. The molecule has 40 heteroatoms. The number of carbonyl (C=O) groups excluding carboxylic acids is 14. The summed E-state index contributed by atoms with van der Waals surface area (Å²) in [6.07, 6.45) is -0.486. The van der Waals surface area contributed by atoms with Gasteiger partial charge in [0.25, 0.3) is 5.91 Å². The van der Waals surface area contributed by atoms with Crippen molar-refractivity contribution in [2.45, 2.75) is 237 Å². The average molecular weight is 1750 g/mol. The van der Waals surface area contributed by atoms with Gasteiger partial charge in [-0.1, -0.05) is 77.4 Å². The Balaban J connectivity index is 1.00. The number of nitrogens with one attached hydrogen (secondary N) is 13. The molecule has 3 aliphatic rings. The van der Waals surface area contributed by atoms with Gasteiger partial charge in [0.1, 0.15) is 72.2 Å². The second-order valence-corrected chi connectivity index (χ2v) is 32.8. The molecule has 3 unspecified atom stereocenters. The van der Waals surface area contributed by atoms with Crippen molar-refractivity contribution in [2.75, 3.05) is 60.6 Å². The predicted octanol–water partition coefficient (Wildman–Crippen LogP) is 0.0761. The van der Waals surface area contributed by atoms with Crippen molar-refractivity contribution in [1.82, 2.24) is 78.5 Å². The number of guanidine groups is 1. The number of hydrogen-bond donors (Lipinski definition) is 17. The predicted molar refractivity (Wildman–Crippen MR) is 454 cm³/mol. The highest BCUT2D eigenvalue weighted by Crippen LogP contribution is 2.39. The monoisotopic (exact) mass is 1750 g/mol. The lowest BCUT2D eigenvalue weighted by Crippen LogP contribution is -2.61. The van der Waals surface area contributed by atoms with E-state index < -0.39 is 193 Å². The number of benzene rings is 3. The van der Waals surface area contributed by atoms with E-state index in [1.54, 1.807) is 81.4 Å². The van der Waals surface area contributed by atoms with E-state index in [1.807, 2.05) is 27.7 Å². The van der Waals surface area contributed by atoms with Gasteiger partial charge in [0.15, 0.2) is 23.1 Å². The Morgan fingerprint density at radius 2 is 1.11 bits per heavy atom. The van der Waals surface area contributed by atoms with Crippen molar-refractivity contribution in [3.63, 3.8) is 0 Å². The van der Waals surface area contributed by atoms with Crippen LogP contribution in [0.3, 0.4) is 0 Å². The first-order valence-electron chi connectivity index (χ1n) is 41.7. The van der Waals surface area contributed by atoms with Crippen molar-refractivity contribution < 1.29 is 101 Å². The molecular formula is C84H121ClN18O21. The average Bonchev–Trinajstić information content (AvgIpc) is 1.67. The molecule has 0 radical (unpaired) electrons. The number of halogens is 1. The van der Waals surface area contributed by atoms with Crippen LogP contribution in [0.5, 0.6) is 17.2 Å². The first-order valence-corrected chi connectivity index (χ1v) is 42.1. The van der Waals surface area contributed by atoms with E-state index in [9.17, 15) is 82.1 Å². The number of primary amides is 1. The standard InChI is InChI=1S/C84H121ClN18O21/c1-43(2)36-57(98-80(117)68-46(7)54-30-31-64(122-11)70(123-12)69(54)124-68)74(111)93-47(8)72(109)99-60(38-50-24-28-53(121-10)29-25-50)82(119)102-35-17-21-62(102)78(115)97-59(40-66(106)107)75(112)94-48(9)73(110)100-67(44(3)4)83(120)103-42-52(104)39-63(103)79(116)96-58(37-49-22-26-51(85)27-23-49)76(113)95-56(19-15-33-90-84(87)88)81(118)101-34-16-20-61(101)77(114)91-41-65(105)89-32-14-13-18-55(71(86)108)92-45(5)6/h22-31,43-45,47-48,52,55-63,67,92,104H,13-21,32-42H2,1-12H3,(H2,86,108)(H,89,105)(H,91,114)(H,93,111)(H,94,112)(H,95,113)(H,96,116)(H,97,115)(H,98,117)(H,99,109)(H,100,110)(H,106,107)(H4,87,88,90)/t47-,48-,52+,55?,56-,57-,58-,59-,60-,61-,62?,63-,67?/m0/s1. The largest absolute Gasteiger partial charge is 0.497 e. The second-order valence-electron chi connectivity index (χ2n) is 32.4. The topological polar surface area (TPSA) is 567 Å². The van der Waals surface area contributed by atoms with E-state index >= 15 is 0 Å². The minimum absolute atomic E-state index is 0.0116. The van der Waals surface area contributed by atoms with Crippen LogP contribution >= 0.6 is 11.6 Å². The summed E-state index contributed by atoms with van der Waals surface area (Å²) in [6.45, 7) is 14.4. The van der Waals surface area contributed by atoms with Crippen molar-refractivity contribution >= 4 is 117 Å². The number of unbranched alkanes of at least 4 members (excludes halogenated alkanes) is 1. The summed E-state index contributed by atoms with van der Waals surface area (Å²) in [5.41, 5.74) is 12.8. The van der Waals surface area contributed by atoms with Gasteiger partial charge >= 0.3 is 5.97 Å². The zero-order chi connectivity index (χ0) is 91.5. The Labute approximate surface area is 724 Å². The number of hydrogen-bond acceptors (Lipinski definition) is 22. The van der Waals surface area contributed by atoms with Crippen molar-refractivity contribution in [3.8, 4) is 17.2 Å². The molecule has 0 bridgehead atoms. The Hall–Kier alpha value is -11.9. The van der Waals surface area contributed by atoms with Gasteiger partial charge < -0.3 is 119 Å². The molecule has 13 atom stereocenters. The van der Waals surface area contributed by atoms with E-state index in [0.717, 1.165) is 4.90 Å². The molecule has 3 aliphatic heterocycles. The van der Waals surface area contributed by atoms with Gasteiger partial charge in [-0.25, -0.2) is 0 Å². The zero-order valence-corrected chi connectivity index (χ0v) is 72.9. The summed E-state index contributed by atoms with van der Waals surface area (Å²) in [7, 11) is 4.33. The molecule has 3 aromatic carbocycles. The van der Waals surface area contributed by atoms with Gasteiger partial charge in [-0.15, -0.1) is 0 Å². The molecule has 124 heavy (non-hydrogen) atoms. The maximum Gasteiger partial charge on any atom is 0.305 e. The second kappa shape index (κ2) is 47.1. The van der Waals surface area contributed by atoms with E-state index in [4.69, 9.17) is 47.1 Å². The van der Waals surface area contributed by atoms with Crippen LogP contribution in [0.2, 0.25) is 5.02 Å². The molecule has 1 aromatic heterocycles. The molecule has 39 nitrogen and oxygen atoms in total. The highest BCUT2D eigenvalue weighted by Gasteiger charge is 2.46. The van der Waals surface area contributed by atoms with Crippen LogP contribution in [0, 0.1) is 24.2 Å². The van der Waals surface area contributed by atoms with Gasteiger partial charge in [-0.05, 0) is 144 Å². The van der Waals surface area contributed by atoms with E-state index in [2.05, 4.69) is 63.8 Å². The molecule has 14 amide bonds. The third kappa shape index (κ3) is 28.3. The molecular weight excluding hydrogens is 1630 g/mol. The minimum atomic E-state index is -1.88. The smallest absolute Gasteiger partial charge is 0.305 e. The van der Waals surface area contributed by atoms with Gasteiger partial charge in [-0.2, -0.15) is 0 Å². The first kappa shape index (κ1) is 99.2. The Kier molecular flexibility index (Phi) is 37.7. The van der Waals surface area contributed by atoms with E-state index in [-0.39, 0.29) is 119 Å². The number of aliphatic hydroxyl groups excluding tert-OH is 1. The SMILES string of the molecule is COc1ccc(C[C@H](NC(=O)[C@H](C)NC(=O)[C@H](CC(C)C)NC(=O)c2oc3c(OC)c(OC)ccc3c2C)C(=O)N2CCCC2C(=O)N[C@@H](CC(=O)O)C(=O)N[C@@H](C)C(=O)NC(C(=O)N2C[C@H](O)C[C@H]2C(=O)N[C@@H](Cc2ccc(Cl)cc2)C(=O)N[C@@H](CCCNC(=N)N)C(=O)N2CCC[C@H]2C(=O)NCC(=O)NCCCCC(NC(C)C)C(N)=O)C(C)C)cc1. The quantitative estimate of drug-likeness (QED) is 0.0158. The first-order chi connectivity index (χ1) is 58.7. The summed E-state index contributed by atoms with van der Waals surface area (Å²) in [4.78, 5) is 214. The fraction of sp³-hybridized carbons (Fsp3) is 0.571. The number of fused-ring (bicyclic) bond motifs is 1. The normalized spacial score (nSPS) is 17.8. The van der Waals surface area contributed by atoms with E-state index in [0.29, 0.717) is 64.3 Å². The summed E-state index contributed by atoms with van der Waals surface area (Å²) in [5.74, 6) is -13.0. The molecule has 680 valence electrons. The number of furan rings is 1. The number of methoxy groups -OCH3 is 3. The molecule has 4 aromatic rings. The van der Waals surface area contributed by atoms with Crippen LogP contribution in [-0.4, -0.2) is 265 Å². The van der Waals surface area contributed by atoms with Gasteiger partial charge in [0.05, 0.1) is 46.4 Å².